The highest BCUT2D eigenvalue weighted by atomic mass is 19.4. The lowest BCUT2D eigenvalue weighted by molar-refractivity contribution is -0.136. The number of nitrogen functional groups attached to an aromatic ring is 1. The normalized spacial score (nSPS) is 11.2. The van der Waals surface area contributed by atoms with Crippen LogP contribution < -0.4 is 11.1 Å². The van der Waals surface area contributed by atoms with E-state index < -0.39 is 29.2 Å². The smallest absolute Gasteiger partial charge is 0.398 e. The highest BCUT2D eigenvalue weighted by Gasteiger charge is 2.33. The van der Waals surface area contributed by atoms with Crippen LogP contribution in [-0.2, 0) is 6.18 Å². The van der Waals surface area contributed by atoms with Crippen LogP contribution >= 0.6 is 0 Å². The van der Waals surface area contributed by atoms with E-state index in [9.17, 15) is 22.4 Å². The number of anilines is 2. The van der Waals surface area contributed by atoms with Gasteiger partial charge < -0.3 is 11.1 Å². The van der Waals surface area contributed by atoms with Gasteiger partial charge in [-0.05, 0) is 36.4 Å². The zero-order valence-corrected chi connectivity index (χ0v) is 10.5. The Labute approximate surface area is 117 Å². The highest BCUT2D eigenvalue weighted by molar-refractivity contribution is 6.04. The first kappa shape index (κ1) is 14.8. The number of benzene rings is 2. The summed E-state index contributed by atoms with van der Waals surface area (Å²) in [6.45, 7) is 0. The maximum absolute atomic E-state index is 13.0. The van der Waals surface area contributed by atoms with Crippen LogP contribution in [0.25, 0.3) is 0 Å². The minimum Gasteiger partial charge on any atom is -0.398 e. The Bertz CT molecular complexity index is 683. The number of carbonyl (C=O) groups excluding carboxylic acids is 1. The second-order valence-electron chi connectivity index (χ2n) is 4.26. The Morgan fingerprint density at radius 1 is 1.10 bits per heavy atom. The molecular weight excluding hydrogens is 288 g/mol. The zero-order valence-electron chi connectivity index (χ0n) is 10.5. The molecule has 3 N–H and O–H groups in total. The molecule has 0 bridgehead atoms. The second-order valence-corrected chi connectivity index (χ2v) is 4.26. The molecule has 7 heteroatoms. The third kappa shape index (κ3) is 3.50. The first-order valence-corrected chi connectivity index (χ1v) is 5.81. The van der Waals surface area contributed by atoms with Crippen molar-refractivity contribution in [3.8, 4) is 0 Å². The lowest BCUT2D eigenvalue weighted by Crippen LogP contribution is -2.15. The molecule has 0 saturated carbocycles. The van der Waals surface area contributed by atoms with Gasteiger partial charge >= 0.3 is 6.18 Å². The first-order chi connectivity index (χ1) is 9.77. The molecule has 0 aromatic heterocycles. The summed E-state index contributed by atoms with van der Waals surface area (Å²) in [6.07, 6.45) is -4.65. The fourth-order valence-electron chi connectivity index (χ4n) is 1.71. The molecular formula is C14H10F4N2O. The summed E-state index contributed by atoms with van der Waals surface area (Å²) in [5, 5.41) is 2.31. The summed E-state index contributed by atoms with van der Waals surface area (Å²) in [4.78, 5) is 11.9. The van der Waals surface area contributed by atoms with E-state index in [2.05, 4.69) is 5.32 Å². The molecule has 2 aromatic carbocycles. The Morgan fingerprint density at radius 3 is 2.43 bits per heavy atom. The molecule has 21 heavy (non-hydrogen) atoms. The molecule has 0 fully saturated rings. The minimum atomic E-state index is -4.65. The number of rotatable bonds is 2. The topological polar surface area (TPSA) is 55.1 Å². The Balaban J connectivity index is 2.28. The van der Waals surface area contributed by atoms with Crippen LogP contribution in [-0.4, -0.2) is 5.91 Å². The van der Waals surface area contributed by atoms with Crippen LogP contribution in [0.2, 0.25) is 0 Å². The van der Waals surface area contributed by atoms with Gasteiger partial charge in [-0.15, -0.1) is 0 Å². The zero-order chi connectivity index (χ0) is 15.6. The summed E-state index contributed by atoms with van der Waals surface area (Å²) in [7, 11) is 0. The number of hydrogen-bond donors (Lipinski definition) is 2. The number of alkyl halides is 3. The Hall–Kier alpha value is -2.57. The van der Waals surface area contributed by atoms with Crippen molar-refractivity contribution in [1.82, 2.24) is 0 Å². The molecule has 0 saturated heterocycles. The van der Waals surface area contributed by atoms with Crippen LogP contribution in [0.15, 0.2) is 42.5 Å². The number of nitrogens with one attached hydrogen (secondary N) is 1. The van der Waals surface area contributed by atoms with E-state index in [1.807, 2.05) is 0 Å². The number of halogens is 4. The lowest BCUT2D eigenvalue weighted by atomic mass is 10.1. The predicted octanol–water partition coefficient (Wildman–Crippen LogP) is 3.68. The molecule has 0 spiro atoms. The van der Waals surface area contributed by atoms with E-state index in [-0.39, 0.29) is 11.3 Å². The van der Waals surface area contributed by atoms with E-state index in [0.717, 1.165) is 12.1 Å². The number of nitrogens with two attached hydrogens (primary N) is 1. The molecule has 110 valence electrons. The lowest BCUT2D eigenvalue weighted by Gasteiger charge is -2.12. The standard InChI is InChI=1S/C14H10F4N2O/c15-9-2-1-3-10(7-9)20-13(21)8-4-5-12(19)11(6-8)14(16,17)18/h1-7H,19H2,(H,20,21). The summed E-state index contributed by atoms with van der Waals surface area (Å²) in [5.41, 5.74) is 3.61. The van der Waals surface area contributed by atoms with Crippen LogP contribution in [0, 0.1) is 5.82 Å². The van der Waals surface area contributed by atoms with E-state index in [1.165, 1.54) is 24.3 Å². The fourth-order valence-corrected chi connectivity index (χ4v) is 1.71. The Kier molecular flexibility index (Phi) is 3.84. The number of amides is 1. The second kappa shape index (κ2) is 5.43. The molecule has 0 aliphatic carbocycles. The van der Waals surface area contributed by atoms with Gasteiger partial charge in [0.1, 0.15) is 5.82 Å². The van der Waals surface area contributed by atoms with Crippen LogP contribution in [0.1, 0.15) is 15.9 Å². The van der Waals surface area contributed by atoms with Gasteiger partial charge in [0.25, 0.3) is 5.91 Å². The molecule has 0 heterocycles. The predicted molar refractivity (Wildman–Crippen MR) is 70.2 cm³/mol. The molecule has 2 aromatic rings. The monoisotopic (exact) mass is 298 g/mol. The Morgan fingerprint density at radius 2 is 1.81 bits per heavy atom. The van der Waals surface area contributed by atoms with E-state index in [0.29, 0.717) is 6.07 Å². The van der Waals surface area contributed by atoms with Gasteiger partial charge in [0.15, 0.2) is 0 Å². The molecule has 3 nitrogen and oxygen atoms in total. The van der Waals surface area contributed by atoms with E-state index >= 15 is 0 Å². The van der Waals surface area contributed by atoms with Gasteiger partial charge in [-0.25, -0.2) is 4.39 Å². The van der Waals surface area contributed by atoms with Crippen LogP contribution in [0.5, 0.6) is 0 Å². The fraction of sp³-hybridized carbons (Fsp3) is 0.0714. The van der Waals surface area contributed by atoms with E-state index in [1.54, 1.807) is 0 Å². The van der Waals surface area contributed by atoms with Crippen molar-refractivity contribution < 1.29 is 22.4 Å². The summed E-state index contributed by atoms with van der Waals surface area (Å²) in [5.74, 6) is -1.35. The van der Waals surface area contributed by atoms with Crippen molar-refractivity contribution in [2.45, 2.75) is 6.18 Å². The molecule has 1 amide bonds. The van der Waals surface area contributed by atoms with Gasteiger partial charge in [-0.1, -0.05) is 6.07 Å². The summed E-state index contributed by atoms with van der Waals surface area (Å²) in [6, 6.07) is 7.85. The van der Waals surface area contributed by atoms with Crippen molar-refractivity contribution in [3.05, 3.63) is 59.4 Å². The van der Waals surface area contributed by atoms with Crippen molar-refractivity contribution >= 4 is 17.3 Å². The van der Waals surface area contributed by atoms with Crippen molar-refractivity contribution in [2.75, 3.05) is 11.1 Å². The average Bonchev–Trinajstić information content (AvgIpc) is 2.37. The van der Waals surface area contributed by atoms with Gasteiger partial charge in [-0.3, -0.25) is 4.79 Å². The van der Waals surface area contributed by atoms with Crippen LogP contribution in [0.3, 0.4) is 0 Å². The van der Waals surface area contributed by atoms with Crippen molar-refractivity contribution in [3.63, 3.8) is 0 Å². The van der Waals surface area contributed by atoms with Crippen LogP contribution in [0.4, 0.5) is 28.9 Å². The summed E-state index contributed by atoms with van der Waals surface area (Å²) >= 11 is 0. The molecule has 0 aliphatic heterocycles. The average molecular weight is 298 g/mol. The maximum Gasteiger partial charge on any atom is 0.418 e. The van der Waals surface area contributed by atoms with Gasteiger partial charge in [0.05, 0.1) is 5.56 Å². The SMILES string of the molecule is Nc1ccc(C(=O)Nc2cccc(F)c2)cc1C(F)(F)F. The number of hydrogen-bond acceptors (Lipinski definition) is 2. The first-order valence-electron chi connectivity index (χ1n) is 5.81. The van der Waals surface area contributed by atoms with Crippen molar-refractivity contribution in [1.29, 1.82) is 0 Å². The van der Waals surface area contributed by atoms with Gasteiger partial charge in [0.2, 0.25) is 0 Å². The maximum atomic E-state index is 13.0. The molecule has 0 radical (unpaired) electrons. The minimum absolute atomic E-state index is 0.144. The van der Waals surface area contributed by atoms with Gasteiger partial charge in [-0.2, -0.15) is 13.2 Å². The largest absolute Gasteiger partial charge is 0.418 e. The third-order valence-electron chi connectivity index (χ3n) is 2.70. The van der Waals surface area contributed by atoms with Gasteiger partial charge in [0, 0.05) is 16.9 Å². The molecule has 0 atom stereocenters. The molecule has 0 unspecified atom stereocenters. The molecule has 2 rings (SSSR count). The highest BCUT2D eigenvalue weighted by Crippen LogP contribution is 2.34. The van der Waals surface area contributed by atoms with E-state index in [4.69, 9.17) is 5.73 Å². The summed E-state index contributed by atoms with van der Waals surface area (Å²) < 4.78 is 51.1. The van der Waals surface area contributed by atoms with Crippen molar-refractivity contribution in [2.24, 2.45) is 0 Å². The third-order valence-corrected chi connectivity index (χ3v) is 2.70. The molecule has 0 aliphatic rings. The quantitative estimate of drug-likeness (QED) is 0.656. The number of carbonyl (C=O) groups is 1.